The second-order valence-electron chi connectivity index (χ2n) is 3.12. The van der Waals surface area contributed by atoms with Crippen LogP contribution in [0.3, 0.4) is 0 Å². The molecule has 5 atom stereocenters. The van der Waals surface area contributed by atoms with Gasteiger partial charge in [0.2, 0.25) is 0 Å². The molecule has 0 bridgehead atoms. The molecule has 0 aromatic heterocycles. The van der Waals surface area contributed by atoms with Gasteiger partial charge < -0.3 is 25.8 Å². The smallest absolute Gasteiger partial charge is 0.108 e. The van der Waals surface area contributed by atoms with Gasteiger partial charge in [0, 0.05) is 0 Å². The Kier molecular flexibility index (Phi) is 3.03. The van der Waals surface area contributed by atoms with E-state index in [1.807, 2.05) is 0 Å². The molecule has 3 unspecified atom stereocenters. The minimum absolute atomic E-state index is 0.286. The summed E-state index contributed by atoms with van der Waals surface area (Å²) in [7, 11) is 0. The SMILES string of the molecule is C[C@@H]1OC(CO)[C@@H](O)C(N)C1O. The Bertz CT molecular complexity index is 150. The molecule has 0 aromatic rings. The van der Waals surface area contributed by atoms with Crippen LogP contribution in [0.5, 0.6) is 0 Å². The summed E-state index contributed by atoms with van der Waals surface area (Å²) in [5.41, 5.74) is 5.49. The van der Waals surface area contributed by atoms with Gasteiger partial charge in [-0.25, -0.2) is 0 Å². The van der Waals surface area contributed by atoms with E-state index in [4.69, 9.17) is 15.6 Å². The van der Waals surface area contributed by atoms with Gasteiger partial charge in [0.15, 0.2) is 0 Å². The van der Waals surface area contributed by atoms with Gasteiger partial charge in [-0.3, -0.25) is 0 Å². The highest BCUT2D eigenvalue weighted by Gasteiger charge is 2.39. The highest BCUT2D eigenvalue weighted by Crippen LogP contribution is 2.18. The number of rotatable bonds is 1. The van der Waals surface area contributed by atoms with Crippen molar-refractivity contribution in [1.29, 1.82) is 0 Å². The number of aliphatic hydroxyl groups is 3. The Morgan fingerprint density at radius 2 is 1.92 bits per heavy atom. The van der Waals surface area contributed by atoms with Crippen LogP contribution >= 0.6 is 0 Å². The number of hydrogen-bond acceptors (Lipinski definition) is 5. The predicted molar refractivity (Wildman–Crippen MR) is 41.4 cm³/mol. The van der Waals surface area contributed by atoms with Gasteiger partial charge in [-0.15, -0.1) is 0 Å². The first-order valence-corrected chi connectivity index (χ1v) is 3.96. The van der Waals surface area contributed by atoms with E-state index in [1.54, 1.807) is 6.92 Å². The second kappa shape index (κ2) is 3.68. The van der Waals surface area contributed by atoms with Crippen molar-refractivity contribution in [2.24, 2.45) is 5.73 Å². The maximum atomic E-state index is 9.36. The summed E-state index contributed by atoms with van der Waals surface area (Å²) in [5, 5.41) is 27.5. The molecule has 0 aliphatic carbocycles. The van der Waals surface area contributed by atoms with E-state index in [9.17, 15) is 10.2 Å². The van der Waals surface area contributed by atoms with Crippen molar-refractivity contribution in [3.8, 4) is 0 Å². The fourth-order valence-corrected chi connectivity index (χ4v) is 1.35. The zero-order chi connectivity index (χ0) is 9.30. The van der Waals surface area contributed by atoms with Crippen LogP contribution in [0.4, 0.5) is 0 Å². The largest absolute Gasteiger partial charge is 0.394 e. The molecule has 1 rings (SSSR count). The molecule has 1 aliphatic heterocycles. The zero-order valence-corrected chi connectivity index (χ0v) is 6.92. The monoisotopic (exact) mass is 177 g/mol. The average molecular weight is 177 g/mol. The van der Waals surface area contributed by atoms with E-state index in [0.29, 0.717) is 0 Å². The third-order valence-electron chi connectivity index (χ3n) is 2.22. The van der Waals surface area contributed by atoms with Crippen LogP contribution in [-0.2, 0) is 4.74 Å². The molecule has 1 heterocycles. The molecule has 12 heavy (non-hydrogen) atoms. The normalized spacial score (nSPS) is 49.2. The van der Waals surface area contributed by atoms with E-state index < -0.39 is 30.5 Å². The summed E-state index contributed by atoms with van der Waals surface area (Å²) >= 11 is 0. The molecular weight excluding hydrogens is 162 g/mol. The van der Waals surface area contributed by atoms with Crippen molar-refractivity contribution >= 4 is 0 Å². The molecule has 1 saturated heterocycles. The minimum atomic E-state index is -0.999. The fourth-order valence-electron chi connectivity index (χ4n) is 1.35. The Hall–Kier alpha value is -0.200. The fraction of sp³-hybridized carbons (Fsp3) is 1.00. The summed E-state index contributed by atoms with van der Waals surface area (Å²) in [6.07, 6.45) is -3.00. The maximum Gasteiger partial charge on any atom is 0.108 e. The first-order chi connectivity index (χ1) is 5.57. The summed E-state index contributed by atoms with van der Waals surface area (Å²) in [6.45, 7) is 1.37. The van der Waals surface area contributed by atoms with Gasteiger partial charge in [-0.2, -0.15) is 0 Å². The van der Waals surface area contributed by atoms with E-state index in [0.717, 1.165) is 0 Å². The predicted octanol–water partition coefficient (Wildman–Crippen LogP) is -2.18. The standard InChI is InChI=1S/C7H15NO4/c1-3-6(10)5(8)7(11)4(2-9)12-3/h3-7,9-11H,2,8H2,1H3/t3-,4?,5?,6?,7+/m0/s1. The highest BCUT2D eigenvalue weighted by atomic mass is 16.5. The van der Waals surface area contributed by atoms with Gasteiger partial charge in [0.05, 0.1) is 24.9 Å². The van der Waals surface area contributed by atoms with Crippen LogP contribution < -0.4 is 5.73 Å². The van der Waals surface area contributed by atoms with Crippen molar-refractivity contribution in [2.75, 3.05) is 6.61 Å². The van der Waals surface area contributed by atoms with E-state index in [2.05, 4.69) is 0 Å². The van der Waals surface area contributed by atoms with Crippen molar-refractivity contribution in [2.45, 2.75) is 37.4 Å². The summed E-state index contributed by atoms with van der Waals surface area (Å²) in [6, 6.07) is -0.745. The number of aliphatic hydroxyl groups excluding tert-OH is 3. The molecule has 1 fully saturated rings. The number of ether oxygens (including phenoxy) is 1. The molecule has 0 spiro atoms. The van der Waals surface area contributed by atoms with Crippen LogP contribution in [0.25, 0.3) is 0 Å². The van der Waals surface area contributed by atoms with Crippen LogP contribution in [0.1, 0.15) is 6.92 Å². The molecule has 5 nitrogen and oxygen atoms in total. The van der Waals surface area contributed by atoms with Crippen LogP contribution in [0.2, 0.25) is 0 Å². The van der Waals surface area contributed by atoms with Crippen molar-refractivity contribution < 1.29 is 20.1 Å². The molecule has 0 radical (unpaired) electrons. The van der Waals surface area contributed by atoms with Gasteiger partial charge in [-0.1, -0.05) is 0 Å². The molecule has 0 amide bonds. The van der Waals surface area contributed by atoms with E-state index >= 15 is 0 Å². The van der Waals surface area contributed by atoms with Crippen LogP contribution in [-0.4, -0.2) is 52.4 Å². The van der Waals surface area contributed by atoms with E-state index in [-0.39, 0.29) is 6.61 Å². The van der Waals surface area contributed by atoms with Gasteiger partial charge >= 0.3 is 0 Å². The third-order valence-corrected chi connectivity index (χ3v) is 2.22. The average Bonchev–Trinajstić information content (AvgIpc) is 2.08. The number of hydrogen-bond donors (Lipinski definition) is 4. The molecule has 72 valence electrons. The van der Waals surface area contributed by atoms with Crippen molar-refractivity contribution in [3.63, 3.8) is 0 Å². The third kappa shape index (κ3) is 1.60. The number of nitrogens with two attached hydrogens (primary N) is 1. The maximum absolute atomic E-state index is 9.36. The highest BCUT2D eigenvalue weighted by molar-refractivity contribution is 4.92. The van der Waals surface area contributed by atoms with Gasteiger partial charge in [-0.05, 0) is 6.92 Å². The lowest BCUT2D eigenvalue weighted by molar-refractivity contribution is -0.182. The zero-order valence-electron chi connectivity index (χ0n) is 6.92. The summed E-state index contributed by atoms with van der Waals surface area (Å²) in [5.74, 6) is 0. The minimum Gasteiger partial charge on any atom is -0.394 e. The molecule has 0 aromatic carbocycles. The topological polar surface area (TPSA) is 95.9 Å². The molecule has 5 heteroatoms. The molecule has 0 saturated carbocycles. The first-order valence-electron chi connectivity index (χ1n) is 3.96. The first kappa shape index (κ1) is 9.88. The lowest BCUT2D eigenvalue weighted by atomic mass is 9.94. The Morgan fingerprint density at radius 1 is 1.33 bits per heavy atom. The lowest BCUT2D eigenvalue weighted by Crippen LogP contribution is -2.61. The van der Waals surface area contributed by atoms with E-state index in [1.165, 1.54) is 0 Å². The molecule has 5 N–H and O–H groups in total. The second-order valence-corrected chi connectivity index (χ2v) is 3.12. The van der Waals surface area contributed by atoms with Crippen molar-refractivity contribution in [3.05, 3.63) is 0 Å². The molecular formula is C7H15NO4. The van der Waals surface area contributed by atoms with Gasteiger partial charge in [0.1, 0.15) is 12.2 Å². The Balaban J connectivity index is 2.63. The van der Waals surface area contributed by atoms with Crippen molar-refractivity contribution in [1.82, 2.24) is 0 Å². The Labute approximate surface area is 70.8 Å². The summed E-state index contributed by atoms with van der Waals surface area (Å²) in [4.78, 5) is 0. The lowest BCUT2D eigenvalue weighted by Gasteiger charge is -2.39. The Morgan fingerprint density at radius 3 is 2.42 bits per heavy atom. The van der Waals surface area contributed by atoms with Crippen LogP contribution in [0.15, 0.2) is 0 Å². The quantitative estimate of drug-likeness (QED) is 0.365. The van der Waals surface area contributed by atoms with Gasteiger partial charge in [0.25, 0.3) is 0 Å². The molecule has 1 aliphatic rings. The summed E-state index contributed by atoms with van der Waals surface area (Å²) < 4.78 is 5.10. The van der Waals surface area contributed by atoms with Crippen LogP contribution in [0, 0.1) is 0 Å².